The van der Waals surface area contributed by atoms with Gasteiger partial charge in [0.2, 0.25) is 0 Å². The maximum Gasteiger partial charge on any atom is 0.0787 e. The van der Waals surface area contributed by atoms with E-state index < -0.39 is 0 Å². The lowest BCUT2D eigenvalue weighted by molar-refractivity contribution is -0.914. The van der Waals surface area contributed by atoms with Crippen molar-refractivity contribution in [3.05, 3.63) is 0 Å². The van der Waals surface area contributed by atoms with Crippen LogP contribution in [-0.2, 0) is 0 Å². The number of hydrogen-bond acceptors (Lipinski definition) is 2. The first-order chi connectivity index (χ1) is 15.2. The summed E-state index contributed by atoms with van der Waals surface area (Å²) in [6.07, 6.45) is 14.9. The fourth-order valence-corrected chi connectivity index (χ4v) is 10.4. The Morgan fingerprint density at radius 3 is 2.41 bits per heavy atom. The van der Waals surface area contributed by atoms with Gasteiger partial charge in [0.15, 0.2) is 0 Å². The molecular weight excluding hydrogens is 394 g/mol. The maximum atomic E-state index is 11.8. The standard InChI is InChI=1S/C29H52NO2/c1-20(13-17-30(4)15-6-5-7-16-30)24-10-11-25-23-9-8-21-18-22(31)12-14-28(21,2)26(23)19-27(32)29(24,25)3/h20-27,31-32H,5-19H2,1-4H3/q+1/t20-,21-,22-,23+,24-,25+,26+,27+,28+,29-/m1/s1. The predicted molar refractivity (Wildman–Crippen MR) is 131 cm³/mol. The zero-order chi connectivity index (χ0) is 22.7. The van der Waals surface area contributed by atoms with Crippen molar-refractivity contribution in [2.24, 2.45) is 46.3 Å². The number of likely N-dealkylation sites (tertiary alicyclic amines) is 1. The summed E-state index contributed by atoms with van der Waals surface area (Å²) in [6, 6.07) is 0. The Morgan fingerprint density at radius 1 is 0.906 bits per heavy atom. The van der Waals surface area contributed by atoms with E-state index in [-0.39, 0.29) is 17.6 Å². The SMILES string of the molecule is C[C@H](CC[N+]1(C)CCCCC1)[C@H]1CC[C@H]2[C@@H]3CC[C@@H]4C[C@H](O)CC[C@]4(C)[C@H]3C[C@H](O)[C@]12C. The third kappa shape index (κ3) is 3.72. The van der Waals surface area contributed by atoms with Crippen LogP contribution in [0.25, 0.3) is 0 Å². The maximum absolute atomic E-state index is 11.8. The highest BCUT2D eigenvalue weighted by atomic mass is 16.3. The van der Waals surface area contributed by atoms with Crippen LogP contribution in [0.2, 0.25) is 0 Å². The average Bonchev–Trinajstić information content (AvgIpc) is 3.13. The molecule has 1 saturated heterocycles. The molecule has 0 aromatic heterocycles. The molecule has 0 unspecified atom stereocenters. The third-order valence-electron chi connectivity index (χ3n) is 12.5. The zero-order valence-corrected chi connectivity index (χ0v) is 21.6. The first-order valence-corrected chi connectivity index (χ1v) is 14.4. The number of piperidine rings is 1. The minimum atomic E-state index is -0.133. The van der Waals surface area contributed by atoms with Gasteiger partial charge in [-0.2, -0.15) is 0 Å². The van der Waals surface area contributed by atoms with Gasteiger partial charge in [-0.25, -0.2) is 0 Å². The van der Waals surface area contributed by atoms with E-state index in [4.69, 9.17) is 0 Å². The lowest BCUT2D eigenvalue weighted by Gasteiger charge is -2.62. The number of quaternary nitrogens is 1. The fraction of sp³-hybridized carbons (Fsp3) is 1.00. The van der Waals surface area contributed by atoms with E-state index >= 15 is 0 Å². The number of rotatable bonds is 4. The van der Waals surface area contributed by atoms with Gasteiger partial charge in [-0.15, -0.1) is 0 Å². The highest BCUT2D eigenvalue weighted by Gasteiger charge is 2.63. The Morgan fingerprint density at radius 2 is 1.66 bits per heavy atom. The number of aliphatic hydroxyl groups excluding tert-OH is 2. The van der Waals surface area contributed by atoms with Crippen molar-refractivity contribution in [2.45, 2.75) is 110 Å². The zero-order valence-electron chi connectivity index (χ0n) is 21.6. The molecule has 0 amide bonds. The highest BCUT2D eigenvalue weighted by molar-refractivity contribution is 5.12. The van der Waals surface area contributed by atoms with Crippen LogP contribution in [0.1, 0.15) is 97.8 Å². The Bertz CT molecular complexity index is 674. The third-order valence-corrected chi connectivity index (χ3v) is 12.5. The molecule has 5 aliphatic rings. The molecule has 0 bridgehead atoms. The highest BCUT2D eigenvalue weighted by Crippen LogP contribution is 2.68. The predicted octanol–water partition coefficient (Wildman–Crippen LogP) is 5.63. The summed E-state index contributed by atoms with van der Waals surface area (Å²) in [5.41, 5.74) is 0.472. The molecule has 5 fully saturated rings. The van der Waals surface area contributed by atoms with Gasteiger partial charge in [-0.05, 0) is 123 Å². The normalized spacial score (nSPS) is 51.4. The van der Waals surface area contributed by atoms with Crippen molar-refractivity contribution >= 4 is 0 Å². The van der Waals surface area contributed by atoms with Crippen molar-refractivity contribution in [3.8, 4) is 0 Å². The summed E-state index contributed by atoms with van der Waals surface area (Å²) in [7, 11) is 2.49. The van der Waals surface area contributed by atoms with E-state index in [0.717, 1.165) is 31.1 Å². The molecule has 4 saturated carbocycles. The molecule has 3 heteroatoms. The van der Waals surface area contributed by atoms with Gasteiger partial charge in [0, 0.05) is 0 Å². The molecular formula is C29H52NO2+. The van der Waals surface area contributed by atoms with Crippen LogP contribution in [0.3, 0.4) is 0 Å². The van der Waals surface area contributed by atoms with E-state index in [9.17, 15) is 10.2 Å². The monoisotopic (exact) mass is 446 g/mol. The van der Waals surface area contributed by atoms with Crippen LogP contribution in [0.15, 0.2) is 0 Å². The Kier molecular flexibility index (Phi) is 6.29. The lowest BCUT2D eigenvalue weighted by Crippen LogP contribution is -2.59. The van der Waals surface area contributed by atoms with Crippen LogP contribution < -0.4 is 0 Å². The summed E-state index contributed by atoms with van der Waals surface area (Å²) in [4.78, 5) is 0. The van der Waals surface area contributed by atoms with E-state index in [1.807, 2.05) is 0 Å². The number of fused-ring (bicyclic) bond motifs is 5. The second-order valence-corrected chi connectivity index (χ2v) is 14.0. The molecule has 0 radical (unpaired) electrons. The van der Waals surface area contributed by atoms with Crippen molar-refractivity contribution in [2.75, 3.05) is 26.7 Å². The number of nitrogens with zero attached hydrogens (tertiary/aromatic N) is 1. The van der Waals surface area contributed by atoms with Gasteiger partial charge < -0.3 is 14.7 Å². The van der Waals surface area contributed by atoms with Crippen molar-refractivity contribution in [3.63, 3.8) is 0 Å². The molecule has 10 atom stereocenters. The average molecular weight is 447 g/mol. The minimum Gasteiger partial charge on any atom is -0.393 e. The second-order valence-electron chi connectivity index (χ2n) is 14.0. The summed E-state index contributed by atoms with van der Waals surface area (Å²) in [5, 5.41) is 22.1. The molecule has 3 nitrogen and oxygen atoms in total. The molecule has 4 aliphatic carbocycles. The fourth-order valence-electron chi connectivity index (χ4n) is 10.4. The molecule has 2 N–H and O–H groups in total. The molecule has 32 heavy (non-hydrogen) atoms. The first kappa shape index (κ1) is 23.6. The second kappa shape index (κ2) is 8.52. The van der Waals surface area contributed by atoms with Gasteiger partial charge in [0.25, 0.3) is 0 Å². The van der Waals surface area contributed by atoms with Gasteiger partial charge in [0.05, 0.1) is 38.9 Å². The Hall–Kier alpha value is -0.120. The number of aliphatic hydroxyl groups is 2. The van der Waals surface area contributed by atoms with Gasteiger partial charge in [-0.3, -0.25) is 0 Å². The quantitative estimate of drug-likeness (QED) is 0.549. The van der Waals surface area contributed by atoms with Crippen molar-refractivity contribution < 1.29 is 14.7 Å². The van der Waals surface area contributed by atoms with Crippen molar-refractivity contribution in [1.29, 1.82) is 0 Å². The largest absolute Gasteiger partial charge is 0.393 e. The van der Waals surface area contributed by atoms with E-state index in [2.05, 4.69) is 27.8 Å². The molecule has 0 aromatic carbocycles. The Labute approximate surface area is 197 Å². The van der Waals surface area contributed by atoms with E-state index in [0.29, 0.717) is 29.1 Å². The van der Waals surface area contributed by atoms with Crippen LogP contribution in [0.5, 0.6) is 0 Å². The van der Waals surface area contributed by atoms with Crippen LogP contribution in [0, 0.1) is 46.3 Å². The van der Waals surface area contributed by atoms with Gasteiger partial charge in [0.1, 0.15) is 0 Å². The van der Waals surface area contributed by atoms with Gasteiger partial charge >= 0.3 is 0 Å². The molecule has 5 rings (SSSR count). The van der Waals surface area contributed by atoms with E-state index in [1.165, 1.54) is 81.9 Å². The summed E-state index contributed by atoms with van der Waals surface area (Å²) in [5.74, 6) is 4.29. The molecule has 1 heterocycles. The lowest BCUT2D eigenvalue weighted by atomic mass is 9.43. The molecule has 184 valence electrons. The first-order valence-electron chi connectivity index (χ1n) is 14.4. The molecule has 0 spiro atoms. The summed E-state index contributed by atoms with van der Waals surface area (Å²) >= 11 is 0. The van der Waals surface area contributed by atoms with Gasteiger partial charge in [-0.1, -0.05) is 20.8 Å². The summed E-state index contributed by atoms with van der Waals surface area (Å²) < 4.78 is 1.29. The molecule has 0 aromatic rings. The van der Waals surface area contributed by atoms with E-state index in [1.54, 1.807) is 0 Å². The topological polar surface area (TPSA) is 40.5 Å². The molecule has 1 aliphatic heterocycles. The van der Waals surface area contributed by atoms with Crippen LogP contribution in [-0.4, -0.2) is 53.6 Å². The van der Waals surface area contributed by atoms with Crippen molar-refractivity contribution in [1.82, 2.24) is 0 Å². The minimum absolute atomic E-state index is 0.0791. The Balaban J connectivity index is 1.31. The van der Waals surface area contributed by atoms with Crippen LogP contribution >= 0.6 is 0 Å². The number of hydrogen-bond donors (Lipinski definition) is 2. The smallest absolute Gasteiger partial charge is 0.0787 e. The summed E-state index contributed by atoms with van der Waals surface area (Å²) in [6.45, 7) is 11.6. The van der Waals surface area contributed by atoms with Crippen LogP contribution in [0.4, 0.5) is 0 Å².